The van der Waals surface area contributed by atoms with Crippen molar-refractivity contribution in [2.24, 2.45) is 0 Å². The molecule has 0 amide bonds. The van der Waals surface area contributed by atoms with Crippen LogP contribution in [0.5, 0.6) is 0 Å². The van der Waals surface area contributed by atoms with Gasteiger partial charge in [0.25, 0.3) is 0 Å². The number of hydrogen-bond donors (Lipinski definition) is 1. The molecule has 0 aromatic heterocycles. The molecule has 0 spiro atoms. The summed E-state index contributed by atoms with van der Waals surface area (Å²) in [7, 11) is 1.45. The van der Waals surface area contributed by atoms with Crippen LogP contribution in [0.15, 0.2) is 18.2 Å². The SMILES string of the molecule is CCCCNC(CC(=O)OC)Cc1cc(C)ccc1C. The number of carbonyl (C=O) groups is 1. The number of esters is 1. The summed E-state index contributed by atoms with van der Waals surface area (Å²) in [5, 5.41) is 3.48. The highest BCUT2D eigenvalue weighted by molar-refractivity contribution is 5.70. The average Bonchev–Trinajstić information content (AvgIpc) is 2.42. The smallest absolute Gasteiger partial charge is 0.307 e. The first-order valence-corrected chi connectivity index (χ1v) is 7.43. The fourth-order valence-corrected chi connectivity index (χ4v) is 2.27. The van der Waals surface area contributed by atoms with Gasteiger partial charge in [0.15, 0.2) is 0 Å². The monoisotopic (exact) mass is 277 g/mol. The molecule has 0 fully saturated rings. The number of benzene rings is 1. The molecule has 1 unspecified atom stereocenters. The van der Waals surface area contributed by atoms with Crippen molar-refractivity contribution in [2.45, 2.75) is 52.5 Å². The third kappa shape index (κ3) is 5.74. The van der Waals surface area contributed by atoms with Crippen molar-refractivity contribution in [1.82, 2.24) is 5.32 Å². The number of nitrogens with one attached hydrogen (secondary N) is 1. The lowest BCUT2D eigenvalue weighted by molar-refractivity contribution is -0.141. The Morgan fingerprint density at radius 3 is 2.75 bits per heavy atom. The Bertz CT molecular complexity index is 429. The van der Waals surface area contributed by atoms with E-state index in [1.165, 1.54) is 23.8 Å². The zero-order valence-corrected chi connectivity index (χ0v) is 13.2. The first-order chi connectivity index (χ1) is 9.56. The van der Waals surface area contributed by atoms with Gasteiger partial charge in [0, 0.05) is 6.04 Å². The molecular formula is C17H27NO2. The second-order valence-corrected chi connectivity index (χ2v) is 5.42. The van der Waals surface area contributed by atoms with Crippen LogP contribution in [-0.2, 0) is 16.0 Å². The van der Waals surface area contributed by atoms with Crippen molar-refractivity contribution in [3.05, 3.63) is 34.9 Å². The van der Waals surface area contributed by atoms with E-state index in [2.05, 4.69) is 44.3 Å². The fourth-order valence-electron chi connectivity index (χ4n) is 2.27. The molecule has 1 N–H and O–H groups in total. The van der Waals surface area contributed by atoms with Gasteiger partial charge in [-0.2, -0.15) is 0 Å². The van der Waals surface area contributed by atoms with Crippen LogP contribution in [0.4, 0.5) is 0 Å². The molecule has 20 heavy (non-hydrogen) atoms. The highest BCUT2D eigenvalue weighted by atomic mass is 16.5. The van der Waals surface area contributed by atoms with Crippen LogP contribution in [0.1, 0.15) is 42.9 Å². The molecule has 0 bridgehead atoms. The topological polar surface area (TPSA) is 38.3 Å². The molecule has 0 radical (unpaired) electrons. The maximum Gasteiger partial charge on any atom is 0.307 e. The Morgan fingerprint density at radius 1 is 1.35 bits per heavy atom. The van der Waals surface area contributed by atoms with E-state index in [1.54, 1.807) is 0 Å². The van der Waals surface area contributed by atoms with Gasteiger partial charge in [-0.15, -0.1) is 0 Å². The number of methoxy groups -OCH3 is 1. The summed E-state index contributed by atoms with van der Waals surface area (Å²) in [4.78, 5) is 11.5. The summed E-state index contributed by atoms with van der Waals surface area (Å²) in [6.07, 6.45) is 3.58. The molecule has 112 valence electrons. The third-order valence-corrected chi connectivity index (χ3v) is 3.58. The molecule has 0 aliphatic rings. The number of aryl methyl sites for hydroxylation is 2. The van der Waals surface area contributed by atoms with E-state index in [1.807, 2.05) is 0 Å². The number of carbonyl (C=O) groups excluding carboxylic acids is 1. The summed E-state index contributed by atoms with van der Waals surface area (Å²) in [6, 6.07) is 6.63. The lowest BCUT2D eigenvalue weighted by Crippen LogP contribution is -2.34. The van der Waals surface area contributed by atoms with E-state index in [0.717, 1.165) is 25.8 Å². The minimum Gasteiger partial charge on any atom is -0.469 e. The largest absolute Gasteiger partial charge is 0.469 e. The van der Waals surface area contributed by atoms with E-state index in [4.69, 9.17) is 4.74 Å². The normalized spacial score (nSPS) is 12.2. The molecule has 1 atom stereocenters. The van der Waals surface area contributed by atoms with Gasteiger partial charge in [-0.25, -0.2) is 0 Å². The predicted molar refractivity (Wildman–Crippen MR) is 83.0 cm³/mol. The molecule has 3 nitrogen and oxygen atoms in total. The molecule has 0 aliphatic heterocycles. The Hall–Kier alpha value is -1.35. The molecule has 1 rings (SSSR count). The Balaban J connectivity index is 2.71. The number of rotatable bonds is 8. The van der Waals surface area contributed by atoms with E-state index >= 15 is 0 Å². The minimum absolute atomic E-state index is 0.148. The van der Waals surface area contributed by atoms with Gasteiger partial charge >= 0.3 is 5.97 Å². The first-order valence-electron chi connectivity index (χ1n) is 7.43. The molecule has 0 saturated heterocycles. The van der Waals surface area contributed by atoms with Crippen LogP contribution in [0.2, 0.25) is 0 Å². The zero-order chi connectivity index (χ0) is 15.0. The number of ether oxygens (including phenoxy) is 1. The van der Waals surface area contributed by atoms with Crippen molar-refractivity contribution < 1.29 is 9.53 Å². The van der Waals surface area contributed by atoms with E-state index < -0.39 is 0 Å². The van der Waals surface area contributed by atoms with E-state index in [9.17, 15) is 4.79 Å². The Kier molecular flexibility index (Phi) is 7.31. The summed E-state index contributed by atoms with van der Waals surface area (Å²) in [6.45, 7) is 7.34. The molecular weight excluding hydrogens is 250 g/mol. The molecule has 1 aromatic carbocycles. The Labute approximate surface area is 122 Å². The highest BCUT2D eigenvalue weighted by Crippen LogP contribution is 2.14. The van der Waals surface area contributed by atoms with E-state index in [0.29, 0.717) is 6.42 Å². The van der Waals surface area contributed by atoms with Crippen LogP contribution in [0.3, 0.4) is 0 Å². The molecule has 3 heteroatoms. The van der Waals surface area contributed by atoms with Gasteiger partial charge in [-0.1, -0.05) is 37.1 Å². The summed E-state index contributed by atoms with van der Waals surface area (Å²) < 4.78 is 4.80. The Morgan fingerprint density at radius 2 is 2.10 bits per heavy atom. The molecule has 0 saturated carbocycles. The first kappa shape index (κ1) is 16.7. The second-order valence-electron chi connectivity index (χ2n) is 5.42. The molecule has 1 aromatic rings. The summed E-state index contributed by atoms with van der Waals surface area (Å²) in [5.41, 5.74) is 3.85. The zero-order valence-electron chi connectivity index (χ0n) is 13.2. The van der Waals surface area contributed by atoms with Crippen LogP contribution < -0.4 is 5.32 Å². The highest BCUT2D eigenvalue weighted by Gasteiger charge is 2.15. The summed E-state index contributed by atoms with van der Waals surface area (Å²) in [5.74, 6) is -0.149. The van der Waals surface area contributed by atoms with Crippen LogP contribution >= 0.6 is 0 Å². The van der Waals surface area contributed by atoms with Crippen molar-refractivity contribution >= 4 is 5.97 Å². The van der Waals surface area contributed by atoms with Gasteiger partial charge in [0.05, 0.1) is 13.5 Å². The van der Waals surface area contributed by atoms with Gasteiger partial charge in [-0.05, 0) is 44.4 Å². The predicted octanol–water partition coefficient (Wildman–Crippen LogP) is 3.17. The van der Waals surface area contributed by atoms with Gasteiger partial charge in [-0.3, -0.25) is 4.79 Å². The number of hydrogen-bond acceptors (Lipinski definition) is 3. The standard InChI is InChI=1S/C17H27NO2/c1-5-6-9-18-16(12-17(19)20-4)11-15-10-13(2)7-8-14(15)3/h7-8,10,16,18H,5-6,9,11-12H2,1-4H3. The third-order valence-electron chi connectivity index (χ3n) is 3.58. The maximum absolute atomic E-state index is 11.5. The molecule has 0 aliphatic carbocycles. The van der Waals surface area contributed by atoms with E-state index in [-0.39, 0.29) is 12.0 Å². The van der Waals surface area contributed by atoms with Crippen LogP contribution in [0, 0.1) is 13.8 Å². The number of unbranched alkanes of at least 4 members (excludes halogenated alkanes) is 1. The maximum atomic E-state index is 11.5. The van der Waals surface area contributed by atoms with Gasteiger partial charge < -0.3 is 10.1 Å². The lowest BCUT2D eigenvalue weighted by atomic mass is 9.97. The van der Waals surface area contributed by atoms with Crippen molar-refractivity contribution in [1.29, 1.82) is 0 Å². The second kappa shape index (κ2) is 8.75. The van der Waals surface area contributed by atoms with Crippen molar-refractivity contribution in [3.63, 3.8) is 0 Å². The lowest BCUT2D eigenvalue weighted by Gasteiger charge is -2.19. The molecule has 0 heterocycles. The quantitative estimate of drug-likeness (QED) is 0.586. The van der Waals surface area contributed by atoms with Gasteiger partial charge in [0.1, 0.15) is 0 Å². The van der Waals surface area contributed by atoms with Crippen molar-refractivity contribution in [3.8, 4) is 0 Å². The average molecular weight is 277 g/mol. The van der Waals surface area contributed by atoms with Crippen LogP contribution in [-0.4, -0.2) is 25.7 Å². The fraction of sp³-hybridized carbons (Fsp3) is 0.588. The van der Waals surface area contributed by atoms with Crippen LogP contribution in [0.25, 0.3) is 0 Å². The van der Waals surface area contributed by atoms with Gasteiger partial charge in [0.2, 0.25) is 0 Å². The minimum atomic E-state index is -0.149. The van der Waals surface area contributed by atoms with Crippen molar-refractivity contribution in [2.75, 3.05) is 13.7 Å². The summed E-state index contributed by atoms with van der Waals surface area (Å²) >= 11 is 0.